The fourth-order valence-electron chi connectivity index (χ4n) is 3.31. The number of nitrogens with one attached hydrogen (secondary N) is 1. The first-order valence-corrected chi connectivity index (χ1v) is 8.84. The Morgan fingerprint density at radius 1 is 1.04 bits per heavy atom. The summed E-state index contributed by atoms with van der Waals surface area (Å²) in [7, 11) is 0. The van der Waals surface area contributed by atoms with Crippen LogP contribution in [0.25, 0.3) is 0 Å². The summed E-state index contributed by atoms with van der Waals surface area (Å²) in [6.45, 7) is 1.68. The van der Waals surface area contributed by atoms with Gasteiger partial charge in [-0.05, 0) is 48.7 Å². The minimum atomic E-state index is -1.02. The minimum absolute atomic E-state index is 0.151. The Morgan fingerprint density at radius 2 is 1.65 bits per heavy atom. The average molecular weight is 374 g/mol. The molecule has 0 saturated carbocycles. The molecule has 26 heavy (non-hydrogen) atoms. The molecule has 3 rings (SSSR count). The maximum atomic E-state index is 12.5. The molecule has 1 heterocycles. The van der Waals surface area contributed by atoms with Crippen molar-refractivity contribution in [1.29, 1.82) is 0 Å². The van der Waals surface area contributed by atoms with Gasteiger partial charge in [0.15, 0.2) is 0 Å². The van der Waals surface area contributed by atoms with E-state index < -0.39 is 5.97 Å². The second-order valence-corrected chi connectivity index (χ2v) is 6.84. The van der Waals surface area contributed by atoms with Crippen LogP contribution in [-0.2, 0) is 10.2 Å². The van der Waals surface area contributed by atoms with E-state index in [2.05, 4.69) is 5.32 Å². The highest BCUT2D eigenvalue weighted by Crippen LogP contribution is 2.38. The number of rotatable bonds is 5. The van der Waals surface area contributed by atoms with Crippen LogP contribution in [0.15, 0.2) is 48.5 Å². The largest absolute Gasteiger partial charge is 0.478 e. The third-order valence-corrected chi connectivity index (χ3v) is 5.21. The average Bonchev–Trinajstić information content (AvgIpc) is 2.67. The van der Waals surface area contributed by atoms with E-state index >= 15 is 0 Å². The lowest BCUT2D eigenvalue weighted by molar-refractivity contribution is 0.0487. The van der Waals surface area contributed by atoms with Gasteiger partial charge in [-0.15, -0.1) is 0 Å². The summed E-state index contributed by atoms with van der Waals surface area (Å²) in [6.07, 6.45) is 1.55. The molecule has 1 amide bonds. The van der Waals surface area contributed by atoms with Crippen LogP contribution in [0.5, 0.6) is 0 Å². The van der Waals surface area contributed by atoms with E-state index in [9.17, 15) is 9.59 Å². The van der Waals surface area contributed by atoms with Crippen LogP contribution in [-0.4, -0.2) is 36.7 Å². The lowest BCUT2D eigenvalue weighted by atomic mass is 9.74. The van der Waals surface area contributed by atoms with E-state index in [0.717, 1.165) is 18.4 Å². The number of amides is 1. The number of carbonyl (C=O) groups excluding carboxylic acids is 1. The molecule has 1 saturated heterocycles. The molecule has 0 unspecified atom stereocenters. The second-order valence-electron chi connectivity index (χ2n) is 6.44. The van der Waals surface area contributed by atoms with Crippen molar-refractivity contribution < 1.29 is 19.4 Å². The maximum absolute atomic E-state index is 12.5. The van der Waals surface area contributed by atoms with Gasteiger partial charge < -0.3 is 15.2 Å². The predicted octanol–water partition coefficient (Wildman–Crippen LogP) is 3.52. The van der Waals surface area contributed by atoms with Gasteiger partial charge in [-0.25, -0.2) is 4.79 Å². The number of ether oxygens (including phenoxy) is 1. The Kier molecular flexibility index (Phi) is 5.59. The van der Waals surface area contributed by atoms with Crippen LogP contribution in [0.2, 0.25) is 5.02 Å². The monoisotopic (exact) mass is 373 g/mol. The SMILES string of the molecule is O=C(O)c1ccc(C(=O)NCC2(c3ccccc3Cl)CCOCC2)cc1. The molecule has 5 nitrogen and oxygen atoms in total. The highest BCUT2D eigenvalue weighted by Gasteiger charge is 2.36. The molecule has 1 aliphatic rings. The van der Waals surface area contributed by atoms with Gasteiger partial charge in [-0.3, -0.25) is 4.79 Å². The van der Waals surface area contributed by atoms with E-state index in [1.165, 1.54) is 24.3 Å². The molecule has 6 heteroatoms. The van der Waals surface area contributed by atoms with Crippen molar-refractivity contribution in [2.45, 2.75) is 18.3 Å². The van der Waals surface area contributed by atoms with Crippen LogP contribution in [0.3, 0.4) is 0 Å². The third-order valence-electron chi connectivity index (χ3n) is 4.88. The smallest absolute Gasteiger partial charge is 0.335 e. The predicted molar refractivity (Wildman–Crippen MR) is 98.9 cm³/mol. The van der Waals surface area contributed by atoms with Gasteiger partial charge >= 0.3 is 5.97 Å². The van der Waals surface area contributed by atoms with Crippen molar-refractivity contribution in [3.8, 4) is 0 Å². The molecule has 136 valence electrons. The van der Waals surface area contributed by atoms with Crippen LogP contribution >= 0.6 is 11.6 Å². The van der Waals surface area contributed by atoms with E-state index in [1.807, 2.05) is 24.3 Å². The molecular formula is C20H20ClNO4. The third kappa shape index (κ3) is 3.89. The van der Waals surface area contributed by atoms with E-state index in [0.29, 0.717) is 30.3 Å². The van der Waals surface area contributed by atoms with Gasteiger partial charge in [0.05, 0.1) is 5.56 Å². The lowest BCUT2D eigenvalue weighted by Crippen LogP contribution is -2.44. The normalized spacial score (nSPS) is 16.0. The van der Waals surface area contributed by atoms with E-state index in [1.54, 1.807) is 0 Å². The zero-order chi connectivity index (χ0) is 18.6. The molecular weight excluding hydrogens is 354 g/mol. The van der Waals surface area contributed by atoms with Crippen molar-refractivity contribution in [3.05, 3.63) is 70.2 Å². The number of aromatic carboxylic acids is 1. The molecule has 0 spiro atoms. The summed E-state index contributed by atoms with van der Waals surface area (Å²) in [5.74, 6) is -1.25. The Morgan fingerprint density at radius 3 is 2.27 bits per heavy atom. The van der Waals surface area contributed by atoms with Gasteiger partial charge in [-0.1, -0.05) is 29.8 Å². The standard InChI is InChI=1S/C20H20ClNO4/c21-17-4-2-1-3-16(17)20(9-11-26-12-10-20)13-22-18(23)14-5-7-15(8-6-14)19(24)25/h1-8H,9-13H2,(H,22,23)(H,24,25). The molecule has 1 fully saturated rings. The molecule has 0 radical (unpaired) electrons. The Bertz CT molecular complexity index is 798. The van der Waals surface area contributed by atoms with Crippen LogP contribution < -0.4 is 5.32 Å². The molecule has 0 aliphatic carbocycles. The number of halogens is 1. The molecule has 1 aliphatic heterocycles. The van der Waals surface area contributed by atoms with Gasteiger partial charge in [0.25, 0.3) is 5.91 Å². The first kappa shape index (κ1) is 18.4. The van der Waals surface area contributed by atoms with Crippen molar-refractivity contribution in [1.82, 2.24) is 5.32 Å². The number of carboxylic acids is 1. The second kappa shape index (κ2) is 7.89. The maximum Gasteiger partial charge on any atom is 0.335 e. The van der Waals surface area contributed by atoms with Crippen molar-refractivity contribution in [2.24, 2.45) is 0 Å². The Balaban J connectivity index is 1.77. The summed E-state index contributed by atoms with van der Waals surface area (Å²) < 4.78 is 5.50. The van der Waals surface area contributed by atoms with E-state index in [4.69, 9.17) is 21.4 Å². The van der Waals surface area contributed by atoms with E-state index in [-0.39, 0.29) is 16.9 Å². The summed E-state index contributed by atoms with van der Waals surface area (Å²) in [6, 6.07) is 13.6. The zero-order valence-corrected chi connectivity index (χ0v) is 15.0. The number of carbonyl (C=O) groups is 2. The molecule has 2 aromatic carbocycles. The lowest BCUT2D eigenvalue weighted by Gasteiger charge is -2.38. The van der Waals surface area contributed by atoms with Gasteiger partial charge in [0, 0.05) is 35.8 Å². The fraction of sp³-hybridized carbons (Fsp3) is 0.300. The number of carboxylic acid groups (broad SMARTS) is 1. The number of hydrogen-bond donors (Lipinski definition) is 2. The first-order valence-electron chi connectivity index (χ1n) is 8.46. The highest BCUT2D eigenvalue weighted by atomic mass is 35.5. The summed E-state index contributed by atoms with van der Waals surface area (Å²) in [4.78, 5) is 23.4. The van der Waals surface area contributed by atoms with Crippen molar-refractivity contribution in [3.63, 3.8) is 0 Å². The van der Waals surface area contributed by atoms with Crippen LogP contribution in [0, 0.1) is 0 Å². The van der Waals surface area contributed by atoms with Crippen molar-refractivity contribution in [2.75, 3.05) is 19.8 Å². The Labute approximate surface area is 156 Å². The molecule has 0 atom stereocenters. The summed E-state index contributed by atoms with van der Waals surface area (Å²) in [5, 5.41) is 12.6. The van der Waals surface area contributed by atoms with Gasteiger partial charge in [0.2, 0.25) is 0 Å². The van der Waals surface area contributed by atoms with Gasteiger partial charge in [0.1, 0.15) is 0 Å². The molecule has 0 bridgehead atoms. The number of hydrogen-bond acceptors (Lipinski definition) is 3. The minimum Gasteiger partial charge on any atom is -0.478 e. The summed E-state index contributed by atoms with van der Waals surface area (Å²) in [5.41, 5.74) is 1.33. The fourth-order valence-corrected chi connectivity index (χ4v) is 3.65. The van der Waals surface area contributed by atoms with Crippen molar-refractivity contribution >= 4 is 23.5 Å². The zero-order valence-electron chi connectivity index (χ0n) is 14.2. The highest BCUT2D eigenvalue weighted by molar-refractivity contribution is 6.31. The molecule has 0 aromatic heterocycles. The number of benzene rings is 2. The summed E-state index contributed by atoms with van der Waals surface area (Å²) >= 11 is 6.42. The first-order chi connectivity index (χ1) is 12.5. The quantitative estimate of drug-likeness (QED) is 0.840. The molecule has 2 aromatic rings. The van der Waals surface area contributed by atoms with Crippen LogP contribution in [0.1, 0.15) is 39.1 Å². The Hall–Kier alpha value is -2.37. The topological polar surface area (TPSA) is 75.6 Å². The molecule has 2 N–H and O–H groups in total. The van der Waals surface area contributed by atoms with Crippen LogP contribution in [0.4, 0.5) is 0 Å². The van der Waals surface area contributed by atoms with Gasteiger partial charge in [-0.2, -0.15) is 0 Å².